The molecule has 164 valence electrons. The summed E-state index contributed by atoms with van der Waals surface area (Å²) in [5.74, 6) is 0. The zero-order valence-electron chi connectivity index (χ0n) is 15.0. The standard InChI is InChI=1S/C19H9Cl3F6N2O/c20-14-2-1-9(3-15(14)21)17-10(4-16(22)31)8-30(29-17)13-6-11(18(23,24)25)5-12(7-13)19(26,27)28/h1-3,5-8H,4H2. The number of aromatic nitrogens is 2. The molecule has 12 heteroatoms. The van der Waals surface area contributed by atoms with E-state index in [1.54, 1.807) is 0 Å². The van der Waals surface area contributed by atoms with Crippen molar-refractivity contribution in [3.8, 4) is 16.9 Å². The first-order valence-corrected chi connectivity index (χ1v) is 9.41. The third-order valence-corrected chi connectivity index (χ3v) is 5.02. The van der Waals surface area contributed by atoms with Gasteiger partial charge in [0.25, 0.3) is 0 Å². The van der Waals surface area contributed by atoms with Crippen LogP contribution < -0.4 is 0 Å². The Hall–Kier alpha value is -2.23. The molecule has 0 N–H and O–H groups in total. The molecule has 0 spiro atoms. The van der Waals surface area contributed by atoms with E-state index in [2.05, 4.69) is 5.10 Å². The lowest BCUT2D eigenvalue weighted by molar-refractivity contribution is -0.143. The zero-order chi connectivity index (χ0) is 23.1. The minimum Gasteiger partial charge on any atom is -0.281 e. The Kier molecular flexibility index (Phi) is 6.32. The van der Waals surface area contributed by atoms with Crippen molar-refractivity contribution in [1.29, 1.82) is 0 Å². The average Bonchev–Trinajstić information content (AvgIpc) is 3.05. The fourth-order valence-electron chi connectivity index (χ4n) is 2.78. The van der Waals surface area contributed by atoms with Gasteiger partial charge in [0.2, 0.25) is 5.24 Å². The molecule has 0 aliphatic heterocycles. The first-order valence-electron chi connectivity index (χ1n) is 8.28. The lowest BCUT2D eigenvalue weighted by Gasteiger charge is -2.14. The van der Waals surface area contributed by atoms with Gasteiger partial charge in [-0.05, 0) is 41.9 Å². The van der Waals surface area contributed by atoms with Gasteiger partial charge >= 0.3 is 12.4 Å². The fraction of sp³-hybridized carbons (Fsp3) is 0.158. The van der Waals surface area contributed by atoms with E-state index in [0.29, 0.717) is 17.7 Å². The minimum atomic E-state index is -5.02. The van der Waals surface area contributed by atoms with Gasteiger partial charge in [0.1, 0.15) is 0 Å². The van der Waals surface area contributed by atoms with E-state index in [-0.39, 0.29) is 33.8 Å². The minimum absolute atomic E-state index is 0.01000. The molecular formula is C19H9Cl3F6N2O. The van der Waals surface area contributed by atoms with Crippen molar-refractivity contribution in [2.45, 2.75) is 18.8 Å². The Morgan fingerprint density at radius 2 is 1.48 bits per heavy atom. The maximum absolute atomic E-state index is 13.2. The fourth-order valence-corrected chi connectivity index (χ4v) is 3.22. The molecule has 0 fully saturated rings. The molecule has 1 heterocycles. The first kappa shape index (κ1) is 23.4. The van der Waals surface area contributed by atoms with Gasteiger partial charge in [-0.15, -0.1) is 0 Å². The summed E-state index contributed by atoms with van der Waals surface area (Å²) in [6.45, 7) is 0. The summed E-state index contributed by atoms with van der Waals surface area (Å²) in [4.78, 5) is 11.4. The molecule has 1 aromatic heterocycles. The van der Waals surface area contributed by atoms with Gasteiger partial charge in [0, 0.05) is 17.3 Å². The van der Waals surface area contributed by atoms with E-state index in [1.807, 2.05) is 0 Å². The summed E-state index contributed by atoms with van der Waals surface area (Å²) in [5.41, 5.74) is -2.90. The molecule has 3 nitrogen and oxygen atoms in total. The number of carbonyl (C=O) groups is 1. The van der Waals surface area contributed by atoms with Crippen LogP contribution in [0.25, 0.3) is 16.9 Å². The molecule has 31 heavy (non-hydrogen) atoms. The van der Waals surface area contributed by atoms with Crippen molar-refractivity contribution in [1.82, 2.24) is 9.78 Å². The number of hydrogen-bond donors (Lipinski definition) is 0. The van der Waals surface area contributed by atoms with Crippen LogP contribution in [0.5, 0.6) is 0 Å². The SMILES string of the molecule is O=C(Cl)Cc1cn(-c2cc(C(F)(F)F)cc(C(F)(F)F)c2)nc1-c1ccc(Cl)c(Cl)c1. The number of carbonyl (C=O) groups excluding carboxylic acids is 1. The number of nitrogens with zero attached hydrogens (tertiary/aromatic N) is 2. The number of benzene rings is 2. The van der Waals surface area contributed by atoms with Crippen LogP contribution in [0, 0.1) is 0 Å². The van der Waals surface area contributed by atoms with Crippen molar-refractivity contribution < 1.29 is 31.1 Å². The van der Waals surface area contributed by atoms with Crippen LogP contribution in [0.3, 0.4) is 0 Å². The van der Waals surface area contributed by atoms with E-state index in [9.17, 15) is 31.1 Å². The van der Waals surface area contributed by atoms with Crippen LogP contribution >= 0.6 is 34.8 Å². The predicted molar refractivity (Wildman–Crippen MR) is 104 cm³/mol. The molecule has 0 bridgehead atoms. The maximum atomic E-state index is 13.2. The lowest BCUT2D eigenvalue weighted by Crippen LogP contribution is -2.12. The average molecular weight is 502 g/mol. The van der Waals surface area contributed by atoms with E-state index in [4.69, 9.17) is 34.8 Å². The topological polar surface area (TPSA) is 34.9 Å². The Balaban J connectivity index is 2.22. The summed E-state index contributed by atoms with van der Waals surface area (Å²) in [6, 6.07) is 5.36. The van der Waals surface area contributed by atoms with Crippen LogP contribution in [0.2, 0.25) is 10.0 Å². The molecule has 0 amide bonds. The van der Waals surface area contributed by atoms with E-state index in [1.165, 1.54) is 18.2 Å². The number of halogens is 9. The second-order valence-corrected chi connectivity index (χ2v) is 7.61. The lowest BCUT2D eigenvalue weighted by atomic mass is 10.1. The molecule has 0 unspecified atom stereocenters. The smallest absolute Gasteiger partial charge is 0.281 e. The molecule has 0 radical (unpaired) electrons. The molecule has 0 atom stereocenters. The summed E-state index contributed by atoms with van der Waals surface area (Å²) in [7, 11) is 0. The molecule has 2 aromatic carbocycles. The van der Waals surface area contributed by atoms with Gasteiger partial charge in [0.15, 0.2) is 0 Å². The Bertz CT molecular complexity index is 1120. The highest BCUT2D eigenvalue weighted by atomic mass is 35.5. The van der Waals surface area contributed by atoms with Crippen molar-refractivity contribution in [2.24, 2.45) is 0 Å². The number of rotatable bonds is 4. The Labute approximate surface area is 186 Å². The highest BCUT2D eigenvalue weighted by molar-refractivity contribution is 6.63. The van der Waals surface area contributed by atoms with Gasteiger partial charge in [-0.3, -0.25) is 4.79 Å². The van der Waals surface area contributed by atoms with Crippen molar-refractivity contribution in [3.05, 3.63) is 69.3 Å². The summed E-state index contributed by atoms with van der Waals surface area (Å²) in [6.07, 6.45) is -9.29. The molecule has 0 aliphatic rings. The quantitative estimate of drug-likeness (QED) is 0.280. The second kappa shape index (κ2) is 8.37. The third-order valence-electron chi connectivity index (χ3n) is 4.15. The summed E-state index contributed by atoms with van der Waals surface area (Å²) in [5, 5.41) is 3.64. The molecule has 0 saturated heterocycles. The van der Waals surface area contributed by atoms with E-state index < -0.39 is 34.4 Å². The second-order valence-electron chi connectivity index (χ2n) is 6.37. The normalized spacial score (nSPS) is 12.3. The largest absolute Gasteiger partial charge is 0.416 e. The van der Waals surface area contributed by atoms with Gasteiger partial charge in [-0.25, -0.2) is 4.68 Å². The van der Waals surface area contributed by atoms with Gasteiger partial charge in [0.05, 0.1) is 39.0 Å². The van der Waals surface area contributed by atoms with Gasteiger partial charge < -0.3 is 0 Å². The Morgan fingerprint density at radius 1 is 0.903 bits per heavy atom. The first-order chi connectivity index (χ1) is 14.3. The van der Waals surface area contributed by atoms with Crippen LogP contribution in [-0.2, 0) is 23.6 Å². The maximum Gasteiger partial charge on any atom is 0.416 e. The molecule has 0 saturated carbocycles. The van der Waals surface area contributed by atoms with E-state index >= 15 is 0 Å². The van der Waals surface area contributed by atoms with E-state index in [0.717, 1.165) is 10.9 Å². The van der Waals surface area contributed by atoms with Crippen LogP contribution in [0.15, 0.2) is 42.6 Å². The van der Waals surface area contributed by atoms with Crippen LogP contribution in [-0.4, -0.2) is 15.0 Å². The number of alkyl halides is 6. The zero-order valence-corrected chi connectivity index (χ0v) is 17.2. The van der Waals surface area contributed by atoms with Crippen LogP contribution in [0.4, 0.5) is 26.3 Å². The summed E-state index contributed by atoms with van der Waals surface area (Å²) < 4.78 is 79.8. The van der Waals surface area contributed by atoms with Gasteiger partial charge in [-0.1, -0.05) is 29.3 Å². The highest BCUT2D eigenvalue weighted by Crippen LogP contribution is 2.38. The summed E-state index contributed by atoms with van der Waals surface area (Å²) >= 11 is 17.3. The molecule has 0 aliphatic carbocycles. The Morgan fingerprint density at radius 3 is 1.97 bits per heavy atom. The molecule has 3 aromatic rings. The van der Waals surface area contributed by atoms with Gasteiger partial charge in [-0.2, -0.15) is 31.4 Å². The van der Waals surface area contributed by atoms with Crippen molar-refractivity contribution >= 4 is 40.0 Å². The van der Waals surface area contributed by atoms with Crippen LogP contribution in [0.1, 0.15) is 16.7 Å². The molecular weight excluding hydrogens is 493 g/mol. The molecule has 3 rings (SSSR count). The van der Waals surface area contributed by atoms with Crippen molar-refractivity contribution in [2.75, 3.05) is 0 Å². The monoisotopic (exact) mass is 500 g/mol. The highest BCUT2D eigenvalue weighted by Gasteiger charge is 2.37. The predicted octanol–water partition coefficient (Wildman–Crippen LogP) is 7.19. The third kappa shape index (κ3) is 5.34. The number of hydrogen-bond acceptors (Lipinski definition) is 2. The van der Waals surface area contributed by atoms with Crippen molar-refractivity contribution in [3.63, 3.8) is 0 Å².